The summed E-state index contributed by atoms with van der Waals surface area (Å²) >= 11 is 0. The van der Waals surface area contributed by atoms with Crippen molar-refractivity contribution in [3.63, 3.8) is 0 Å². The first-order valence-electron chi connectivity index (χ1n) is 7.64. The second-order valence-electron chi connectivity index (χ2n) is 5.25. The van der Waals surface area contributed by atoms with Crippen molar-refractivity contribution in [2.24, 2.45) is 0 Å². The monoisotopic (exact) mass is 344 g/mol. The molecule has 3 rings (SSSR count). The van der Waals surface area contributed by atoms with Gasteiger partial charge in [0.25, 0.3) is 0 Å². The van der Waals surface area contributed by atoms with Gasteiger partial charge < -0.3 is 10.5 Å². The SMILES string of the molecule is Nc1c(C(=O)OCc2ncnn2CCF)cnn1Cc1ccccc1. The summed E-state index contributed by atoms with van der Waals surface area (Å²) in [6.07, 6.45) is 2.65. The molecule has 0 fully saturated rings. The van der Waals surface area contributed by atoms with Crippen molar-refractivity contribution in [1.29, 1.82) is 0 Å². The Balaban J connectivity index is 1.65. The standard InChI is InChI=1S/C16H17FN6O2/c17-6-7-22-14(19-11-21-22)10-25-16(24)13-8-20-23(15(13)18)9-12-4-2-1-3-5-12/h1-5,8,11H,6-7,9-10,18H2. The summed E-state index contributed by atoms with van der Waals surface area (Å²) in [6, 6.07) is 9.63. The Labute approximate surface area is 143 Å². The summed E-state index contributed by atoms with van der Waals surface area (Å²) in [5.41, 5.74) is 7.18. The molecule has 0 spiro atoms. The van der Waals surface area contributed by atoms with Crippen molar-refractivity contribution in [2.45, 2.75) is 19.7 Å². The number of carbonyl (C=O) groups excluding carboxylic acids is 1. The van der Waals surface area contributed by atoms with E-state index in [1.807, 2.05) is 30.3 Å². The number of benzene rings is 1. The lowest BCUT2D eigenvalue weighted by Crippen LogP contribution is -2.13. The zero-order valence-electron chi connectivity index (χ0n) is 13.4. The number of carbonyl (C=O) groups is 1. The maximum absolute atomic E-state index is 12.4. The molecule has 1 aromatic carbocycles. The third-order valence-corrected chi connectivity index (χ3v) is 3.60. The van der Waals surface area contributed by atoms with E-state index in [1.165, 1.54) is 21.9 Å². The van der Waals surface area contributed by atoms with Gasteiger partial charge in [0.05, 0.1) is 19.3 Å². The van der Waals surface area contributed by atoms with Crippen molar-refractivity contribution < 1.29 is 13.9 Å². The first-order valence-corrected chi connectivity index (χ1v) is 7.64. The second-order valence-corrected chi connectivity index (χ2v) is 5.25. The fourth-order valence-corrected chi connectivity index (χ4v) is 2.31. The number of anilines is 1. The molecule has 0 atom stereocenters. The van der Waals surface area contributed by atoms with Gasteiger partial charge in [0, 0.05) is 0 Å². The molecule has 2 N–H and O–H groups in total. The second kappa shape index (κ2) is 7.56. The number of aryl methyl sites for hydroxylation is 1. The van der Waals surface area contributed by atoms with E-state index >= 15 is 0 Å². The Kier molecular flexibility index (Phi) is 5.03. The van der Waals surface area contributed by atoms with Gasteiger partial charge in [0.2, 0.25) is 0 Å². The first kappa shape index (κ1) is 16.6. The van der Waals surface area contributed by atoms with E-state index in [2.05, 4.69) is 15.2 Å². The van der Waals surface area contributed by atoms with Gasteiger partial charge in [0.15, 0.2) is 12.4 Å². The van der Waals surface area contributed by atoms with Crippen LogP contribution in [0.15, 0.2) is 42.9 Å². The first-order chi connectivity index (χ1) is 12.2. The number of esters is 1. The Morgan fingerprint density at radius 3 is 2.76 bits per heavy atom. The number of halogens is 1. The molecule has 25 heavy (non-hydrogen) atoms. The van der Waals surface area contributed by atoms with Crippen molar-refractivity contribution >= 4 is 11.8 Å². The quantitative estimate of drug-likeness (QED) is 0.651. The minimum Gasteiger partial charge on any atom is -0.454 e. The lowest BCUT2D eigenvalue weighted by atomic mass is 10.2. The van der Waals surface area contributed by atoms with Crippen molar-refractivity contribution in [3.05, 3.63) is 59.8 Å². The van der Waals surface area contributed by atoms with E-state index < -0.39 is 12.6 Å². The number of hydrogen-bond acceptors (Lipinski definition) is 6. The number of alkyl halides is 1. The molecular weight excluding hydrogens is 327 g/mol. The lowest BCUT2D eigenvalue weighted by Gasteiger charge is -2.07. The van der Waals surface area contributed by atoms with E-state index in [9.17, 15) is 9.18 Å². The molecule has 9 heteroatoms. The Bertz CT molecular complexity index is 845. The molecule has 0 saturated heterocycles. The van der Waals surface area contributed by atoms with Crippen molar-refractivity contribution in [1.82, 2.24) is 24.5 Å². The van der Waals surface area contributed by atoms with E-state index in [-0.39, 0.29) is 24.5 Å². The van der Waals surface area contributed by atoms with Crippen LogP contribution in [-0.2, 0) is 24.4 Å². The molecule has 3 aromatic rings. The van der Waals surface area contributed by atoms with Crippen molar-refractivity contribution in [2.75, 3.05) is 12.4 Å². The predicted molar refractivity (Wildman–Crippen MR) is 87.3 cm³/mol. The van der Waals surface area contributed by atoms with E-state index in [4.69, 9.17) is 10.5 Å². The summed E-state index contributed by atoms with van der Waals surface area (Å²) in [5.74, 6) is -0.0352. The molecule has 2 aromatic heterocycles. The molecule has 0 bridgehead atoms. The number of ether oxygens (including phenoxy) is 1. The van der Waals surface area contributed by atoms with Crippen LogP contribution < -0.4 is 5.73 Å². The third kappa shape index (κ3) is 3.82. The van der Waals surface area contributed by atoms with Crippen molar-refractivity contribution in [3.8, 4) is 0 Å². The number of hydrogen-bond donors (Lipinski definition) is 1. The zero-order valence-corrected chi connectivity index (χ0v) is 13.4. The van der Waals surface area contributed by atoms with E-state index in [1.54, 1.807) is 0 Å². The van der Waals surface area contributed by atoms with Gasteiger partial charge in [-0.1, -0.05) is 30.3 Å². The van der Waals surface area contributed by atoms with Gasteiger partial charge in [-0.3, -0.25) is 0 Å². The smallest absolute Gasteiger partial charge is 0.343 e. The van der Waals surface area contributed by atoms with Crippen LogP contribution in [-0.4, -0.2) is 37.2 Å². The zero-order chi connectivity index (χ0) is 17.6. The summed E-state index contributed by atoms with van der Waals surface area (Å²) in [7, 11) is 0. The Morgan fingerprint density at radius 2 is 2.00 bits per heavy atom. The lowest BCUT2D eigenvalue weighted by molar-refractivity contribution is 0.0457. The topological polar surface area (TPSA) is 101 Å². The van der Waals surface area contributed by atoms with Crippen LogP contribution in [0, 0.1) is 0 Å². The molecule has 0 radical (unpaired) electrons. The highest BCUT2D eigenvalue weighted by atomic mass is 19.1. The highest BCUT2D eigenvalue weighted by molar-refractivity contribution is 5.93. The van der Waals surface area contributed by atoms with E-state index in [0.29, 0.717) is 12.4 Å². The predicted octanol–water partition coefficient (Wildman–Crippen LogP) is 1.43. The fourth-order valence-electron chi connectivity index (χ4n) is 2.31. The van der Waals surface area contributed by atoms with Gasteiger partial charge in [0.1, 0.15) is 24.4 Å². The summed E-state index contributed by atoms with van der Waals surface area (Å²) in [6.45, 7) is -0.194. The number of nitrogens with two attached hydrogens (primary N) is 1. The van der Waals surface area contributed by atoms with Crippen LogP contribution >= 0.6 is 0 Å². The Hall–Kier alpha value is -3.23. The molecular formula is C16H17FN6O2. The maximum atomic E-state index is 12.4. The summed E-state index contributed by atoms with van der Waals surface area (Å²) in [5, 5.41) is 7.99. The molecule has 0 aliphatic rings. The molecule has 0 aliphatic heterocycles. The van der Waals surface area contributed by atoms with Crippen LogP contribution in [0.2, 0.25) is 0 Å². The van der Waals surface area contributed by atoms with Gasteiger partial charge in [-0.2, -0.15) is 10.2 Å². The highest BCUT2D eigenvalue weighted by Gasteiger charge is 2.18. The van der Waals surface area contributed by atoms with Gasteiger partial charge in [-0.05, 0) is 5.56 Å². The van der Waals surface area contributed by atoms with Gasteiger partial charge >= 0.3 is 5.97 Å². The number of aromatic nitrogens is 5. The number of rotatable bonds is 7. The maximum Gasteiger partial charge on any atom is 0.343 e. The van der Waals surface area contributed by atoms with Gasteiger partial charge in [-0.15, -0.1) is 0 Å². The fraction of sp³-hybridized carbons (Fsp3) is 0.250. The normalized spacial score (nSPS) is 10.8. The molecule has 0 aliphatic carbocycles. The number of nitrogens with zero attached hydrogens (tertiary/aromatic N) is 5. The summed E-state index contributed by atoms with van der Waals surface area (Å²) in [4.78, 5) is 16.1. The molecule has 0 unspecified atom stereocenters. The average Bonchev–Trinajstić information content (AvgIpc) is 3.21. The van der Waals surface area contributed by atoms with Crippen LogP contribution in [0.3, 0.4) is 0 Å². The van der Waals surface area contributed by atoms with Crippen LogP contribution in [0.1, 0.15) is 21.7 Å². The molecule has 2 heterocycles. The number of nitrogen functional groups attached to an aromatic ring is 1. The molecule has 0 saturated carbocycles. The molecule has 0 amide bonds. The largest absolute Gasteiger partial charge is 0.454 e. The molecule has 8 nitrogen and oxygen atoms in total. The minimum absolute atomic E-state index is 0.0596. The van der Waals surface area contributed by atoms with Crippen LogP contribution in [0.4, 0.5) is 10.2 Å². The van der Waals surface area contributed by atoms with Crippen LogP contribution in [0.5, 0.6) is 0 Å². The third-order valence-electron chi connectivity index (χ3n) is 3.60. The summed E-state index contributed by atoms with van der Waals surface area (Å²) < 4.78 is 20.5. The average molecular weight is 344 g/mol. The highest BCUT2D eigenvalue weighted by Crippen LogP contribution is 2.15. The molecule has 130 valence electrons. The van der Waals surface area contributed by atoms with Crippen LogP contribution in [0.25, 0.3) is 0 Å². The van der Waals surface area contributed by atoms with E-state index in [0.717, 1.165) is 5.56 Å². The van der Waals surface area contributed by atoms with Gasteiger partial charge in [-0.25, -0.2) is 23.5 Å². The minimum atomic E-state index is -0.619. The Morgan fingerprint density at radius 1 is 1.20 bits per heavy atom.